The first-order chi connectivity index (χ1) is 8.50. The average Bonchev–Trinajstić information content (AvgIpc) is 2.77. The Bertz CT molecular complexity index is 589. The zero-order chi connectivity index (χ0) is 13.3. The second-order valence-corrected chi connectivity index (χ2v) is 4.16. The van der Waals surface area contributed by atoms with Crippen molar-refractivity contribution in [3.63, 3.8) is 0 Å². The number of nitrogens with zero attached hydrogens (tertiary/aromatic N) is 4. The summed E-state index contributed by atoms with van der Waals surface area (Å²) < 4.78 is 1.48. The molecule has 2 rings (SSSR count). The summed E-state index contributed by atoms with van der Waals surface area (Å²) in [5.74, 6) is 0.528. The summed E-state index contributed by atoms with van der Waals surface area (Å²) in [6.45, 7) is 3.97. The van der Waals surface area contributed by atoms with Crippen LogP contribution in [0.15, 0.2) is 18.6 Å². The Hall–Kier alpha value is -2.44. The molecule has 0 bridgehead atoms. The predicted molar refractivity (Wildman–Crippen MR) is 66.2 cm³/mol. The Kier molecular flexibility index (Phi) is 2.97. The fraction of sp³-hybridized carbons (Fsp3) is 0.273. The lowest BCUT2D eigenvalue weighted by atomic mass is 10.1. The summed E-state index contributed by atoms with van der Waals surface area (Å²) in [4.78, 5) is 19.1. The summed E-state index contributed by atoms with van der Waals surface area (Å²) in [6, 6.07) is 1.53. The highest BCUT2D eigenvalue weighted by atomic mass is 16.1. The molecule has 2 aromatic rings. The van der Waals surface area contributed by atoms with E-state index >= 15 is 0 Å². The number of hydrogen-bond acceptors (Lipinski definition) is 5. The van der Waals surface area contributed by atoms with Crippen LogP contribution in [0.5, 0.6) is 0 Å². The van der Waals surface area contributed by atoms with E-state index in [0.717, 1.165) is 5.56 Å². The van der Waals surface area contributed by atoms with Crippen molar-refractivity contribution in [3.05, 3.63) is 29.8 Å². The quantitative estimate of drug-likeness (QED) is 0.817. The van der Waals surface area contributed by atoms with Crippen LogP contribution in [0.3, 0.4) is 0 Å². The van der Waals surface area contributed by atoms with Crippen LogP contribution in [0.1, 0.15) is 35.8 Å². The van der Waals surface area contributed by atoms with E-state index in [2.05, 4.69) is 15.1 Å². The molecule has 0 saturated carbocycles. The molecule has 1 amide bonds. The van der Waals surface area contributed by atoms with Gasteiger partial charge in [-0.15, -0.1) is 0 Å². The van der Waals surface area contributed by atoms with Crippen molar-refractivity contribution in [2.75, 3.05) is 5.73 Å². The molecule has 0 radical (unpaired) electrons. The van der Waals surface area contributed by atoms with Gasteiger partial charge in [0.15, 0.2) is 5.82 Å². The molecule has 7 nitrogen and oxygen atoms in total. The molecule has 0 spiro atoms. The van der Waals surface area contributed by atoms with Crippen LogP contribution in [0.4, 0.5) is 5.82 Å². The van der Waals surface area contributed by atoms with Crippen molar-refractivity contribution in [2.45, 2.75) is 19.8 Å². The van der Waals surface area contributed by atoms with Crippen LogP contribution in [0.25, 0.3) is 5.82 Å². The minimum atomic E-state index is -0.582. The van der Waals surface area contributed by atoms with Gasteiger partial charge in [-0.25, -0.2) is 14.6 Å². The summed E-state index contributed by atoms with van der Waals surface area (Å²) >= 11 is 0. The Morgan fingerprint density at radius 1 is 1.39 bits per heavy atom. The van der Waals surface area contributed by atoms with Gasteiger partial charge in [0.25, 0.3) is 5.91 Å². The van der Waals surface area contributed by atoms with E-state index in [-0.39, 0.29) is 11.6 Å². The van der Waals surface area contributed by atoms with Gasteiger partial charge < -0.3 is 11.5 Å². The number of rotatable bonds is 3. The van der Waals surface area contributed by atoms with Crippen molar-refractivity contribution in [2.24, 2.45) is 5.73 Å². The summed E-state index contributed by atoms with van der Waals surface area (Å²) in [7, 11) is 0. The zero-order valence-electron chi connectivity index (χ0n) is 10.2. The number of nitrogen functional groups attached to an aromatic ring is 1. The maximum Gasteiger partial charge on any atom is 0.269 e. The van der Waals surface area contributed by atoms with Crippen LogP contribution < -0.4 is 11.5 Å². The lowest BCUT2D eigenvalue weighted by molar-refractivity contribution is 0.0995. The molecule has 0 saturated heterocycles. The van der Waals surface area contributed by atoms with Crippen LogP contribution in [0.2, 0.25) is 0 Å². The summed E-state index contributed by atoms with van der Waals surface area (Å²) in [5, 5.41) is 4.06. The van der Waals surface area contributed by atoms with Gasteiger partial charge in [0.1, 0.15) is 17.8 Å². The lowest BCUT2D eigenvalue weighted by Gasteiger charge is -2.12. The average molecular weight is 246 g/mol. The van der Waals surface area contributed by atoms with E-state index in [1.54, 1.807) is 6.20 Å². The van der Waals surface area contributed by atoms with Crippen LogP contribution in [0, 0.1) is 0 Å². The number of nitrogens with two attached hydrogens (primary N) is 2. The van der Waals surface area contributed by atoms with Gasteiger partial charge in [-0.2, -0.15) is 5.10 Å². The number of carbonyl (C=O) groups is 1. The second-order valence-electron chi connectivity index (χ2n) is 4.16. The third kappa shape index (κ3) is 2.02. The van der Waals surface area contributed by atoms with Gasteiger partial charge in [-0.1, -0.05) is 13.8 Å². The molecule has 2 aromatic heterocycles. The Morgan fingerprint density at radius 2 is 2.11 bits per heavy atom. The molecule has 94 valence electrons. The third-order valence-corrected chi connectivity index (χ3v) is 2.53. The number of primary amides is 1. The fourth-order valence-electron chi connectivity index (χ4n) is 1.71. The number of hydrogen-bond donors (Lipinski definition) is 2. The van der Waals surface area contributed by atoms with E-state index in [1.807, 2.05) is 13.8 Å². The van der Waals surface area contributed by atoms with Crippen LogP contribution in [-0.4, -0.2) is 25.7 Å². The first kappa shape index (κ1) is 12.0. The topological polar surface area (TPSA) is 113 Å². The summed E-state index contributed by atoms with van der Waals surface area (Å²) in [5.41, 5.74) is 12.0. The van der Waals surface area contributed by atoms with Crippen molar-refractivity contribution in [3.8, 4) is 5.82 Å². The van der Waals surface area contributed by atoms with Gasteiger partial charge >= 0.3 is 0 Å². The van der Waals surface area contributed by atoms with E-state index in [1.165, 1.54) is 17.1 Å². The Morgan fingerprint density at radius 3 is 2.67 bits per heavy atom. The highest BCUT2D eigenvalue weighted by Gasteiger charge is 2.16. The number of aromatic nitrogens is 4. The number of amides is 1. The third-order valence-electron chi connectivity index (χ3n) is 2.53. The molecule has 7 heteroatoms. The van der Waals surface area contributed by atoms with Gasteiger partial charge in [0.2, 0.25) is 0 Å². The molecular weight excluding hydrogens is 232 g/mol. The summed E-state index contributed by atoms with van der Waals surface area (Å²) in [6.07, 6.45) is 2.98. The molecule has 0 aromatic carbocycles. The maximum absolute atomic E-state index is 11.0. The molecule has 2 heterocycles. The van der Waals surface area contributed by atoms with Crippen molar-refractivity contribution < 1.29 is 4.79 Å². The molecule has 0 atom stereocenters. The number of carbonyl (C=O) groups excluding carboxylic acids is 1. The Labute approximate surface area is 104 Å². The standard InChI is InChI=1S/C11H14N6O/c1-6(2)8-9(12)14-5-15-11(8)17-4-3-7(16-17)10(13)18/h3-6H,1-2H3,(H2,13,18)(H2,12,14,15). The SMILES string of the molecule is CC(C)c1c(N)ncnc1-n1ccc(C(N)=O)n1. The minimum Gasteiger partial charge on any atom is -0.383 e. The molecule has 0 aliphatic carbocycles. The second kappa shape index (κ2) is 4.44. The number of anilines is 1. The van der Waals surface area contributed by atoms with E-state index in [0.29, 0.717) is 11.6 Å². The molecule has 0 aliphatic heterocycles. The fourth-order valence-corrected chi connectivity index (χ4v) is 1.71. The zero-order valence-corrected chi connectivity index (χ0v) is 10.2. The van der Waals surface area contributed by atoms with Crippen LogP contribution >= 0.6 is 0 Å². The monoisotopic (exact) mass is 246 g/mol. The Balaban J connectivity index is 2.56. The van der Waals surface area contributed by atoms with Gasteiger partial charge in [0.05, 0.1) is 0 Å². The first-order valence-electron chi connectivity index (χ1n) is 5.47. The largest absolute Gasteiger partial charge is 0.383 e. The van der Waals surface area contributed by atoms with E-state index < -0.39 is 5.91 Å². The molecule has 0 fully saturated rings. The van der Waals surface area contributed by atoms with Gasteiger partial charge in [-0.3, -0.25) is 4.79 Å². The highest BCUT2D eigenvalue weighted by molar-refractivity contribution is 5.90. The van der Waals surface area contributed by atoms with Crippen LogP contribution in [-0.2, 0) is 0 Å². The molecule has 4 N–H and O–H groups in total. The first-order valence-corrected chi connectivity index (χ1v) is 5.47. The van der Waals surface area contributed by atoms with E-state index in [9.17, 15) is 4.79 Å². The highest BCUT2D eigenvalue weighted by Crippen LogP contribution is 2.24. The van der Waals surface area contributed by atoms with Crippen molar-refractivity contribution in [1.29, 1.82) is 0 Å². The maximum atomic E-state index is 11.0. The van der Waals surface area contributed by atoms with Crippen molar-refractivity contribution in [1.82, 2.24) is 19.7 Å². The predicted octanol–water partition coefficient (Wildman–Crippen LogP) is 0.467. The lowest BCUT2D eigenvalue weighted by Crippen LogP contribution is -2.14. The minimum absolute atomic E-state index is 0.141. The van der Waals surface area contributed by atoms with Crippen molar-refractivity contribution >= 4 is 11.7 Å². The molecular formula is C11H14N6O. The van der Waals surface area contributed by atoms with E-state index in [4.69, 9.17) is 11.5 Å². The van der Waals surface area contributed by atoms with Gasteiger partial charge in [0, 0.05) is 11.8 Å². The molecule has 0 unspecified atom stereocenters. The van der Waals surface area contributed by atoms with Gasteiger partial charge in [-0.05, 0) is 12.0 Å². The molecule has 18 heavy (non-hydrogen) atoms. The smallest absolute Gasteiger partial charge is 0.269 e. The molecule has 0 aliphatic rings. The normalized spacial score (nSPS) is 10.8.